The first-order chi connectivity index (χ1) is 9.33. The van der Waals surface area contributed by atoms with Gasteiger partial charge in [-0.05, 0) is 26.0 Å². The van der Waals surface area contributed by atoms with E-state index in [1.807, 2.05) is 0 Å². The van der Waals surface area contributed by atoms with Gasteiger partial charge in [-0.15, -0.1) is 11.3 Å². The number of carbonyl (C=O) groups excluding carboxylic acids is 1. The molecule has 0 aliphatic rings. The van der Waals surface area contributed by atoms with Gasteiger partial charge in [0, 0.05) is 11.6 Å². The minimum atomic E-state index is -1.06. The zero-order chi connectivity index (χ0) is 14.9. The summed E-state index contributed by atoms with van der Waals surface area (Å²) in [4.78, 5) is 16.2. The molecule has 106 valence electrons. The van der Waals surface area contributed by atoms with Gasteiger partial charge in [-0.2, -0.15) is 0 Å². The van der Waals surface area contributed by atoms with Crippen LogP contribution in [0.5, 0.6) is 0 Å². The molecule has 1 aromatic heterocycles. The van der Waals surface area contributed by atoms with Crippen LogP contribution in [0.2, 0.25) is 0 Å². The Hall–Kier alpha value is -2.02. The van der Waals surface area contributed by atoms with Crippen LogP contribution in [0.3, 0.4) is 0 Å². The first kappa shape index (κ1) is 14.4. The Bertz CT molecular complexity index is 641. The molecule has 2 rings (SSSR count). The van der Waals surface area contributed by atoms with Crippen LogP contribution < -0.4 is 11.1 Å². The minimum absolute atomic E-state index is 0.274. The molecule has 4 nitrogen and oxygen atoms in total. The van der Waals surface area contributed by atoms with E-state index in [4.69, 9.17) is 5.73 Å². The summed E-state index contributed by atoms with van der Waals surface area (Å²) >= 11 is 1.34. The van der Waals surface area contributed by atoms with E-state index in [1.54, 1.807) is 25.4 Å². The third-order valence-corrected chi connectivity index (χ3v) is 3.84. The van der Waals surface area contributed by atoms with Gasteiger partial charge in [0.25, 0.3) is 5.91 Å². The summed E-state index contributed by atoms with van der Waals surface area (Å²) in [6.07, 6.45) is 1.59. The van der Waals surface area contributed by atoms with Crippen molar-refractivity contribution in [3.05, 3.63) is 45.9 Å². The number of thiazole rings is 1. The number of anilines is 1. The summed E-state index contributed by atoms with van der Waals surface area (Å²) in [6.45, 7) is 3.40. The molecule has 2 aromatic rings. The lowest BCUT2D eigenvalue weighted by Gasteiger charge is -2.24. The monoisotopic (exact) mass is 297 g/mol. The number of rotatable bonds is 3. The first-order valence-corrected chi connectivity index (χ1v) is 6.67. The van der Waals surface area contributed by atoms with Crippen molar-refractivity contribution in [2.75, 3.05) is 5.73 Å². The molecule has 0 bridgehead atoms. The van der Waals surface area contributed by atoms with Crippen LogP contribution in [-0.2, 0) is 5.54 Å². The Morgan fingerprint density at radius 3 is 2.70 bits per heavy atom. The molecule has 0 unspecified atom stereocenters. The second-order valence-electron chi connectivity index (χ2n) is 4.74. The molecular weight excluding hydrogens is 284 g/mol. The second kappa shape index (κ2) is 5.16. The van der Waals surface area contributed by atoms with E-state index < -0.39 is 28.6 Å². The molecule has 0 aliphatic carbocycles. The van der Waals surface area contributed by atoms with Crippen LogP contribution in [0, 0.1) is 11.6 Å². The highest BCUT2D eigenvalue weighted by atomic mass is 32.1. The Morgan fingerprint density at radius 2 is 2.10 bits per heavy atom. The summed E-state index contributed by atoms with van der Waals surface area (Å²) in [6, 6.07) is 2.04. The second-order valence-corrected chi connectivity index (χ2v) is 5.64. The fourth-order valence-electron chi connectivity index (χ4n) is 1.71. The van der Waals surface area contributed by atoms with Crippen molar-refractivity contribution in [3.63, 3.8) is 0 Å². The van der Waals surface area contributed by atoms with Crippen LogP contribution in [0.4, 0.5) is 14.5 Å². The lowest BCUT2D eigenvalue weighted by atomic mass is 10.0. The number of carbonyl (C=O) groups is 1. The van der Waals surface area contributed by atoms with Gasteiger partial charge in [-0.3, -0.25) is 4.79 Å². The fraction of sp³-hybridized carbons (Fsp3) is 0.231. The number of aromatic nitrogens is 1. The van der Waals surface area contributed by atoms with Crippen molar-refractivity contribution in [3.8, 4) is 0 Å². The number of nitrogen functional groups attached to an aromatic ring is 1. The van der Waals surface area contributed by atoms with E-state index in [0.717, 1.165) is 12.1 Å². The normalized spacial score (nSPS) is 11.4. The maximum Gasteiger partial charge on any atom is 0.258 e. The average molecular weight is 297 g/mol. The van der Waals surface area contributed by atoms with Crippen molar-refractivity contribution in [2.24, 2.45) is 0 Å². The van der Waals surface area contributed by atoms with Gasteiger partial charge in [0.1, 0.15) is 16.4 Å². The largest absolute Gasteiger partial charge is 0.396 e. The van der Waals surface area contributed by atoms with E-state index in [-0.39, 0.29) is 5.69 Å². The number of halogens is 2. The Morgan fingerprint density at radius 1 is 1.40 bits per heavy atom. The predicted octanol–water partition coefficient (Wildman–Crippen LogP) is 2.67. The Kier molecular flexibility index (Phi) is 3.71. The molecular formula is C13H13F2N3OS. The van der Waals surface area contributed by atoms with Crippen LogP contribution in [0.25, 0.3) is 0 Å². The van der Waals surface area contributed by atoms with Crippen molar-refractivity contribution in [1.82, 2.24) is 10.3 Å². The number of hydrogen-bond acceptors (Lipinski definition) is 4. The van der Waals surface area contributed by atoms with Gasteiger partial charge < -0.3 is 11.1 Å². The molecule has 0 saturated heterocycles. The van der Waals surface area contributed by atoms with Gasteiger partial charge in [0.2, 0.25) is 0 Å². The quantitative estimate of drug-likeness (QED) is 0.856. The molecule has 20 heavy (non-hydrogen) atoms. The van der Waals surface area contributed by atoms with Crippen molar-refractivity contribution >= 4 is 22.9 Å². The van der Waals surface area contributed by atoms with Gasteiger partial charge in [-0.25, -0.2) is 13.8 Å². The van der Waals surface area contributed by atoms with Crippen molar-refractivity contribution in [2.45, 2.75) is 19.4 Å². The van der Waals surface area contributed by atoms with Crippen molar-refractivity contribution < 1.29 is 13.6 Å². The summed E-state index contributed by atoms with van der Waals surface area (Å²) in [5, 5.41) is 4.95. The van der Waals surface area contributed by atoms with E-state index in [0.29, 0.717) is 5.01 Å². The van der Waals surface area contributed by atoms with E-state index >= 15 is 0 Å². The molecule has 0 radical (unpaired) electrons. The molecule has 0 saturated carbocycles. The van der Waals surface area contributed by atoms with E-state index in [9.17, 15) is 13.6 Å². The highest BCUT2D eigenvalue weighted by molar-refractivity contribution is 7.09. The lowest BCUT2D eigenvalue weighted by Crippen LogP contribution is -2.41. The Labute approximate surface area is 118 Å². The number of hydrogen-bond donors (Lipinski definition) is 2. The zero-order valence-electron chi connectivity index (χ0n) is 10.9. The topological polar surface area (TPSA) is 68.0 Å². The molecule has 3 N–H and O–H groups in total. The van der Waals surface area contributed by atoms with E-state index in [1.165, 1.54) is 11.3 Å². The maximum absolute atomic E-state index is 13.8. The molecule has 0 spiro atoms. The molecule has 1 heterocycles. The number of nitrogens with two attached hydrogens (primary N) is 1. The molecule has 0 aliphatic heterocycles. The third-order valence-electron chi connectivity index (χ3n) is 2.74. The number of amides is 1. The number of benzene rings is 1. The van der Waals surface area contributed by atoms with Gasteiger partial charge in [0.15, 0.2) is 5.82 Å². The lowest BCUT2D eigenvalue weighted by molar-refractivity contribution is 0.0903. The minimum Gasteiger partial charge on any atom is -0.396 e. The van der Waals surface area contributed by atoms with Crippen LogP contribution in [-0.4, -0.2) is 10.9 Å². The number of nitrogens with one attached hydrogen (secondary N) is 1. The standard InChI is InChI=1S/C13H13F2N3OS/c1-13(2,12-17-5-6-20-12)18-11(19)9-7(14)3-4-8(16)10(9)15/h3-6H,16H2,1-2H3,(H,18,19). The zero-order valence-corrected chi connectivity index (χ0v) is 11.7. The molecule has 0 atom stereocenters. The van der Waals surface area contributed by atoms with Crippen LogP contribution in [0.15, 0.2) is 23.7 Å². The summed E-state index contributed by atoms with van der Waals surface area (Å²) in [7, 11) is 0. The molecule has 0 fully saturated rings. The first-order valence-electron chi connectivity index (χ1n) is 5.79. The van der Waals surface area contributed by atoms with Crippen molar-refractivity contribution in [1.29, 1.82) is 0 Å². The highest BCUT2D eigenvalue weighted by Gasteiger charge is 2.29. The Balaban J connectivity index is 2.32. The number of nitrogens with zero attached hydrogens (tertiary/aromatic N) is 1. The molecule has 7 heteroatoms. The van der Waals surface area contributed by atoms with E-state index in [2.05, 4.69) is 10.3 Å². The molecule has 1 aromatic carbocycles. The van der Waals surface area contributed by atoms with Crippen LogP contribution in [0.1, 0.15) is 29.2 Å². The average Bonchev–Trinajstić information content (AvgIpc) is 2.88. The fourth-order valence-corrected chi connectivity index (χ4v) is 2.43. The highest BCUT2D eigenvalue weighted by Crippen LogP contribution is 2.24. The third kappa shape index (κ3) is 2.62. The molecule has 1 amide bonds. The maximum atomic E-state index is 13.8. The SMILES string of the molecule is CC(C)(NC(=O)c1c(F)ccc(N)c1F)c1nccs1. The van der Waals surface area contributed by atoms with Gasteiger partial charge >= 0.3 is 0 Å². The van der Waals surface area contributed by atoms with Gasteiger partial charge in [0.05, 0.1) is 11.2 Å². The smallest absolute Gasteiger partial charge is 0.258 e. The predicted molar refractivity (Wildman–Crippen MR) is 73.4 cm³/mol. The summed E-state index contributed by atoms with van der Waals surface area (Å²) in [5.41, 5.74) is 3.56. The van der Waals surface area contributed by atoms with Crippen LogP contribution >= 0.6 is 11.3 Å². The van der Waals surface area contributed by atoms with Gasteiger partial charge in [-0.1, -0.05) is 0 Å². The summed E-state index contributed by atoms with van der Waals surface area (Å²) in [5.74, 6) is -2.88. The summed E-state index contributed by atoms with van der Waals surface area (Å²) < 4.78 is 27.4.